The molecule has 1 aromatic carbocycles. The van der Waals surface area contributed by atoms with Crippen LogP contribution in [0.1, 0.15) is 0 Å². The fourth-order valence-electron chi connectivity index (χ4n) is 0.963. The Balaban J connectivity index is 2.63. The first-order valence-electron chi connectivity index (χ1n) is 4.37. The van der Waals surface area contributed by atoms with Crippen molar-refractivity contribution >= 4 is 22.9 Å². The Kier molecular flexibility index (Phi) is 5.16. The van der Waals surface area contributed by atoms with Crippen LogP contribution in [0.25, 0.3) is 0 Å². The van der Waals surface area contributed by atoms with Crippen LogP contribution in [-0.2, 0) is 0 Å². The SMILES string of the molecule is Oc1cc(F)c(OCC(O)CNI)cc1F. The average Bonchev–Trinajstić information content (AvgIpc) is 2.22. The Morgan fingerprint density at radius 2 is 2.06 bits per heavy atom. The molecule has 0 bridgehead atoms. The average molecular weight is 345 g/mol. The van der Waals surface area contributed by atoms with Crippen LogP contribution in [0.15, 0.2) is 12.1 Å². The first kappa shape index (κ1) is 13.4. The van der Waals surface area contributed by atoms with Crippen LogP contribution in [0.3, 0.4) is 0 Å². The fraction of sp³-hybridized carbons (Fsp3) is 0.333. The summed E-state index contributed by atoms with van der Waals surface area (Å²) >= 11 is 1.84. The molecule has 0 fully saturated rings. The van der Waals surface area contributed by atoms with Crippen molar-refractivity contribution in [2.75, 3.05) is 13.2 Å². The lowest BCUT2D eigenvalue weighted by atomic mass is 10.3. The van der Waals surface area contributed by atoms with Crippen molar-refractivity contribution in [3.8, 4) is 11.5 Å². The number of nitrogens with one attached hydrogen (secondary N) is 1. The van der Waals surface area contributed by atoms with Crippen molar-refractivity contribution in [1.29, 1.82) is 0 Å². The molecule has 16 heavy (non-hydrogen) atoms. The number of phenols is 1. The molecule has 0 heterocycles. The van der Waals surface area contributed by atoms with E-state index in [0.29, 0.717) is 6.07 Å². The number of benzene rings is 1. The molecule has 1 unspecified atom stereocenters. The number of halogens is 3. The summed E-state index contributed by atoms with van der Waals surface area (Å²) in [6, 6.07) is 1.35. The zero-order chi connectivity index (χ0) is 12.1. The Bertz CT molecular complexity index is 365. The van der Waals surface area contributed by atoms with Crippen LogP contribution in [0.5, 0.6) is 11.5 Å². The van der Waals surface area contributed by atoms with Crippen LogP contribution in [-0.4, -0.2) is 29.5 Å². The number of aliphatic hydroxyl groups excluding tert-OH is 1. The molecule has 0 spiro atoms. The number of rotatable bonds is 5. The highest BCUT2D eigenvalue weighted by molar-refractivity contribution is 14.1. The van der Waals surface area contributed by atoms with Crippen LogP contribution in [0.4, 0.5) is 8.78 Å². The number of hydrogen-bond acceptors (Lipinski definition) is 4. The maximum absolute atomic E-state index is 13.1. The van der Waals surface area contributed by atoms with Gasteiger partial charge in [0.2, 0.25) is 0 Å². The van der Waals surface area contributed by atoms with Gasteiger partial charge in [-0.2, -0.15) is 0 Å². The van der Waals surface area contributed by atoms with Crippen molar-refractivity contribution in [2.45, 2.75) is 6.10 Å². The van der Waals surface area contributed by atoms with E-state index in [1.54, 1.807) is 0 Å². The molecule has 7 heteroatoms. The molecule has 0 saturated carbocycles. The van der Waals surface area contributed by atoms with Crippen LogP contribution >= 0.6 is 22.9 Å². The molecular weight excluding hydrogens is 335 g/mol. The summed E-state index contributed by atoms with van der Waals surface area (Å²) < 4.78 is 33.5. The Hall–Kier alpha value is -0.670. The summed E-state index contributed by atoms with van der Waals surface area (Å²) in [5.41, 5.74) is 0. The number of phenolic OH excluding ortho intramolecular Hbond substituents is 1. The number of aliphatic hydroxyl groups is 1. The quantitative estimate of drug-likeness (QED) is 0.557. The monoisotopic (exact) mass is 345 g/mol. The lowest BCUT2D eigenvalue weighted by Crippen LogP contribution is -2.26. The molecule has 1 atom stereocenters. The molecule has 90 valence electrons. The molecule has 0 radical (unpaired) electrons. The van der Waals surface area contributed by atoms with Crippen molar-refractivity contribution in [3.63, 3.8) is 0 Å². The van der Waals surface area contributed by atoms with Gasteiger partial charge in [0.1, 0.15) is 12.7 Å². The molecule has 0 aliphatic rings. The largest absolute Gasteiger partial charge is 0.505 e. The minimum atomic E-state index is -0.974. The van der Waals surface area contributed by atoms with Gasteiger partial charge in [-0.15, -0.1) is 0 Å². The topological polar surface area (TPSA) is 61.7 Å². The van der Waals surface area contributed by atoms with Gasteiger partial charge in [-0.05, 0) is 0 Å². The van der Waals surface area contributed by atoms with Crippen LogP contribution in [0.2, 0.25) is 0 Å². The predicted molar refractivity (Wildman–Crippen MR) is 61.5 cm³/mol. The molecule has 0 aromatic heterocycles. The fourth-order valence-corrected chi connectivity index (χ4v) is 1.47. The predicted octanol–water partition coefficient (Wildman–Crippen LogP) is 1.35. The summed E-state index contributed by atoms with van der Waals surface area (Å²) in [7, 11) is 0. The zero-order valence-electron chi connectivity index (χ0n) is 8.08. The molecular formula is C9H10F2INO3. The van der Waals surface area contributed by atoms with Crippen molar-refractivity contribution in [1.82, 2.24) is 3.53 Å². The highest BCUT2D eigenvalue weighted by atomic mass is 127. The molecule has 3 N–H and O–H groups in total. The van der Waals surface area contributed by atoms with E-state index >= 15 is 0 Å². The lowest BCUT2D eigenvalue weighted by Gasteiger charge is -2.12. The molecule has 4 nitrogen and oxygen atoms in total. The Labute approximate surface area is 105 Å². The first-order chi connectivity index (χ1) is 7.54. The van der Waals surface area contributed by atoms with E-state index in [2.05, 4.69) is 3.53 Å². The molecule has 1 rings (SSSR count). The van der Waals surface area contributed by atoms with E-state index in [-0.39, 0.29) is 18.9 Å². The molecule has 0 aliphatic heterocycles. The van der Waals surface area contributed by atoms with E-state index in [1.165, 1.54) is 0 Å². The lowest BCUT2D eigenvalue weighted by molar-refractivity contribution is 0.110. The minimum Gasteiger partial charge on any atom is -0.505 e. The van der Waals surface area contributed by atoms with Crippen molar-refractivity contribution in [2.24, 2.45) is 0 Å². The van der Waals surface area contributed by atoms with Gasteiger partial charge in [-0.3, -0.25) is 3.53 Å². The highest BCUT2D eigenvalue weighted by Gasteiger charge is 2.12. The number of aromatic hydroxyl groups is 1. The molecule has 0 amide bonds. The van der Waals surface area contributed by atoms with Gasteiger partial charge >= 0.3 is 0 Å². The summed E-state index contributed by atoms with van der Waals surface area (Å²) in [5.74, 6) is -2.98. The van der Waals surface area contributed by atoms with Crippen molar-refractivity contribution < 1.29 is 23.7 Å². The zero-order valence-corrected chi connectivity index (χ0v) is 10.2. The van der Waals surface area contributed by atoms with Gasteiger partial charge in [0.15, 0.2) is 23.1 Å². The maximum Gasteiger partial charge on any atom is 0.168 e. The summed E-state index contributed by atoms with van der Waals surface area (Å²) in [6.45, 7) is 0.0971. The third-order valence-corrected chi connectivity index (χ3v) is 2.19. The molecule has 0 aliphatic carbocycles. The number of ether oxygens (including phenoxy) is 1. The third-order valence-electron chi connectivity index (χ3n) is 1.75. The Morgan fingerprint density at radius 1 is 1.38 bits per heavy atom. The summed E-state index contributed by atoms with van der Waals surface area (Å²) in [6.07, 6.45) is -0.826. The van der Waals surface area contributed by atoms with E-state index < -0.39 is 23.5 Å². The third kappa shape index (κ3) is 3.72. The summed E-state index contributed by atoms with van der Waals surface area (Å²) in [4.78, 5) is 0. The van der Waals surface area contributed by atoms with E-state index in [0.717, 1.165) is 6.07 Å². The standard InChI is InChI=1S/C9H10F2INO3/c10-6-2-9(7(11)1-8(6)15)16-4-5(14)3-13-12/h1-2,5,13-15H,3-4H2. The van der Waals surface area contributed by atoms with Crippen LogP contribution < -0.4 is 8.27 Å². The first-order valence-corrected chi connectivity index (χ1v) is 5.45. The van der Waals surface area contributed by atoms with Gasteiger partial charge in [0.25, 0.3) is 0 Å². The van der Waals surface area contributed by atoms with Gasteiger partial charge in [-0.25, -0.2) is 8.78 Å². The van der Waals surface area contributed by atoms with Gasteiger partial charge in [0, 0.05) is 41.5 Å². The van der Waals surface area contributed by atoms with E-state index in [4.69, 9.17) is 9.84 Å². The number of hydrogen-bond donors (Lipinski definition) is 3. The van der Waals surface area contributed by atoms with Crippen molar-refractivity contribution in [3.05, 3.63) is 23.8 Å². The van der Waals surface area contributed by atoms with Crippen LogP contribution in [0, 0.1) is 11.6 Å². The van der Waals surface area contributed by atoms with Gasteiger partial charge < -0.3 is 14.9 Å². The van der Waals surface area contributed by atoms with E-state index in [9.17, 15) is 13.9 Å². The highest BCUT2D eigenvalue weighted by Crippen LogP contribution is 2.25. The smallest absolute Gasteiger partial charge is 0.168 e. The normalized spacial score (nSPS) is 12.5. The second-order valence-electron chi connectivity index (χ2n) is 3.04. The maximum atomic E-state index is 13.1. The molecule has 0 saturated heterocycles. The molecule has 1 aromatic rings. The summed E-state index contributed by atoms with van der Waals surface area (Å²) in [5, 5.41) is 18.1. The van der Waals surface area contributed by atoms with Gasteiger partial charge in [0.05, 0.1) is 0 Å². The minimum absolute atomic E-state index is 0.170. The Morgan fingerprint density at radius 3 is 2.69 bits per heavy atom. The second kappa shape index (κ2) is 6.16. The van der Waals surface area contributed by atoms with Gasteiger partial charge in [-0.1, -0.05) is 0 Å². The van der Waals surface area contributed by atoms with E-state index in [1.807, 2.05) is 22.9 Å². The second-order valence-corrected chi connectivity index (χ2v) is 3.80.